The molecule has 0 N–H and O–H groups in total. The summed E-state index contributed by atoms with van der Waals surface area (Å²) in [6.45, 7) is 17.9. The number of esters is 2. The first-order valence-electron chi connectivity index (χ1n) is 16.8. The van der Waals surface area contributed by atoms with Crippen molar-refractivity contribution in [3.8, 4) is 0 Å². The molecular weight excluding hydrogens is 628 g/mol. The van der Waals surface area contributed by atoms with E-state index in [1.165, 1.54) is 10.4 Å². The zero-order valence-electron chi connectivity index (χ0n) is 31.1. The molecule has 270 valence electrons. The molecular formula is C38H60O9Si. The van der Waals surface area contributed by atoms with Crippen LogP contribution in [0.5, 0.6) is 0 Å². The summed E-state index contributed by atoms with van der Waals surface area (Å²) >= 11 is 0. The predicted octanol–water partition coefficient (Wildman–Crippen LogP) is 6.26. The lowest BCUT2D eigenvalue weighted by atomic mass is 9.96. The minimum absolute atomic E-state index is 0.0297. The van der Waals surface area contributed by atoms with Crippen LogP contribution in [0.1, 0.15) is 81.6 Å². The Morgan fingerprint density at radius 3 is 1.54 bits per heavy atom. The van der Waals surface area contributed by atoms with Gasteiger partial charge in [0.05, 0.1) is 23.0 Å². The van der Waals surface area contributed by atoms with Gasteiger partial charge in [0.1, 0.15) is 26.3 Å². The molecule has 0 spiro atoms. The maximum absolute atomic E-state index is 12.9. The SMILES string of the molecule is COCO[C@H](C[C@H](CCO[Si](c1ccccc1)(c1ccccc1)C(C)(C)C)OCOC)C[C@H](COC(=O)C(C)(C)C)OC(=O)C(C)(C)C. The van der Waals surface area contributed by atoms with E-state index >= 15 is 0 Å². The highest BCUT2D eigenvalue weighted by molar-refractivity contribution is 6.99. The lowest BCUT2D eigenvalue weighted by Crippen LogP contribution is -2.66. The van der Waals surface area contributed by atoms with E-state index in [2.05, 4.69) is 69.3 Å². The Morgan fingerprint density at radius 2 is 1.10 bits per heavy atom. The van der Waals surface area contributed by atoms with Crippen LogP contribution < -0.4 is 10.4 Å². The number of ether oxygens (including phenoxy) is 6. The van der Waals surface area contributed by atoms with Crippen molar-refractivity contribution >= 4 is 30.6 Å². The van der Waals surface area contributed by atoms with Crippen molar-refractivity contribution in [3.63, 3.8) is 0 Å². The average Bonchev–Trinajstić information content (AvgIpc) is 3.02. The molecule has 0 heterocycles. The zero-order chi connectivity index (χ0) is 36.0. The van der Waals surface area contributed by atoms with Crippen LogP contribution in [0.2, 0.25) is 5.04 Å². The van der Waals surface area contributed by atoms with Crippen LogP contribution in [-0.2, 0) is 42.4 Å². The van der Waals surface area contributed by atoms with Gasteiger partial charge in [0.25, 0.3) is 8.32 Å². The molecule has 0 radical (unpaired) electrons. The number of hydrogen-bond donors (Lipinski definition) is 0. The lowest BCUT2D eigenvalue weighted by molar-refractivity contribution is -0.174. The van der Waals surface area contributed by atoms with E-state index in [4.69, 9.17) is 32.8 Å². The summed E-state index contributed by atoms with van der Waals surface area (Å²) in [7, 11) is 0.383. The van der Waals surface area contributed by atoms with Crippen LogP contribution >= 0.6 is 0 Å². The van der Waals surface area contributed by atoms with Crippen molar-refractivity contribution in [3.05, 3.63) is 60.7 Å². The van der Waals surface area contributed by atoms with E-state index in [-0.39, 0.29) is 43.7 Å². The molecule has 0 saturated carbocycles. The Labute approximate surface area is 290 Å². The monoisotopic (exact) mass is 688 g/mol. The van der Waals surface area contributed by atoms with Crippen LogP contribution in [0, 0.1) is 10.8 Å². The van der Waals surface area contributed by atoms with Crippen molar-refractivity contribution in [2.75, 3.05) is 41.0 Å². The molecule has 0 aliphatic heterocycles. The van der Waals surface area contributed by atoms with Gasteiger partial charge in [-0.1, -0.05) is 81.4 Å². The first kappa shape index (κ1) is 41.6. The van der Waals surface area contributed by atoms with Gasteiger partial charge in [-0.2, -0.15) is 0 Å². The molecule has 2 rings (SSSR count). The summed E-state index contributed by atoms with van der Waals surface area (Å²) in [4.78, 5) is 25.6. The lowest BCUT2D eigenvalue weighted by Gasteiger charge is -2.43. The van der Waals surface area contributed by atoms with Crippen LogP contribution in [0.3, 0.4) is 0 Å². The summed E-state index contributed by atoms with van der Waals surface area (Å²) in [6.07, 6.45) is -0.238. The number of carbonyl (C=O) groups is 2. The molecule has 0 fully saturated rings. The molecule has 3 atom stereocenters. The highest BCUT2D eigenvalue weighted by atomic mass is 28.4. The first-order chi connectivity index (χ1) is 22.5. The molecule has 48 heavy (non-hydrogen) atoms. The topological polar surface area (TPSA) is 98.8 Å². The molecule has 9 nitrogen and oxygen atoms in total. The van der Waals surface area contributed by atoms with Gasteiger partial charge in [0, 0.05) is 33.7 Å². The van der Waals surface area contributed by atoms with Crippen molar-refractivity contribution in [1.29, 1.82) is 0 Å². The molecule has 0 bridgehead atoms. The molecule has 0 saturated heterocycles. The zero-order valence-corrected chi connectivity index (χ0v) is 32.1. The van der Waals surface area contributed by atoms with Crippen LogP contribution in [0.4, 0.5) is 0 Å². The third-order valence-corrected chi connectivity index (χ3v) is 13.0. The minimum Gasteiger partial charge on any atom is -0.461 e. The van der Waals surface area contributed by atoms with Crippen LogP contribution in [0.15, 0.2) is 60.7 Å². The van der Waals surface area contributed by atoms with E-state index in [1.807, 2.05) is 12.1 Å². The van der Waals surface area contributed by atoms with Gasteiger partial charge in [-0.15, -0.1) is 0 Å². The highest BCUT2D eigenvalue weighted by Crippen LogP contribution is 2.37. The second kappa shape index (κ2) is 19.0. The molecule has 0 aliphatic rings. The molecule has 0 aromatic heterocycles. The van der Waals surface area contributed by atoms with E-state index in [0.29, 0.717) is 19.4 Å². The van der Waals surface area contributed by atoms with Crippen LogP contribution in [-0.4, -0.2) is 79.6 Å². The van der Waals surface area contributed by atoms with E-state index in [9.17, 15) is 9.59 Å². The number of rotatable bonds is 19. The smallest absolute Gasteiger partial charge is 0.311 e. The van der Waals surface area contributed by atoms with Gasteiger partial charge in [-0.3, -0.25) is 9.59 Å². The van der Waals surface area contributed by atoms with Gasteiger partial charge < -0.3 is 32.8 Å². The second-order valence-electron chi connectivity index (χ2n) is 15.3. The molecule has 2 aromatic rings. The Bertz CT molecular complexity index is 1180. The Morgan fingerprint density at radius 1 is 0.646 bits per heavy atom. The van der Waals surface area contributed by atoms with E-state index < -0.39 is 37.3 Å². The maximum Gasteiger partial charge on any atom is 0.311 e. The summed E-state index contributed by atoms with van der Waals surface area (Å²) in [6, 6.07) is 21.0. The summed E-state index contributed by atoms with van der Waals surface area (Å²) in [5, 5.41) is 2.23. The van der Waals surface area contributed by atoms with Gasteiger partial charge >= 0.3 is 11.9 Å². The Hall–Kier alpha value is -2.60. The standard InChI is InChI=1S/C38H60O9Si/c1-36(2,3)34(39)43-26-31(47-35(40)37(4,5)6)25-30(45-28-42-11)24-29(44-27-41-10)22-23-46-48(38(7,8)9,32-18-14-12-15-19-32)33-20-16-13-17-21-33/h12-21,29-31H,22-28H2,1-11H3/t29-,30+,31+/m0/s1. The van der Waals surface area contributed by atoms with Gasteiger partial charge in [0.2, 0.25) is 0 Å². The molecule has 2 aromatic carbocycles. The van der Waals surface area contributed by atoms with Crippen molar-refractivity contribution in [2.45, 2.75) is 105 Å². The summed E-state index contributed by atoms with van der Waals surface area (Å²) < 4.78 is 41.5. The van der Waals surface area contributed by atoms with Gasteiger partial charge in [-0.25, -0.2) is 0 Å². The summed E-state index contributed by atoms with van der Waals surface area (Å²) in [5.74, 6) is -0.772. The number of carbonyl (C=O) groups excluding carboxylic acids is 2. The van der Waals surface area contributed by atoms with Crippen molar-refractivity contribution in [2.24, 2.45) is 10.8 Å². The minimum atomic E-state index is -2.75. The first-order valence-corrected chi connectivity index (χ1v) is 18.7. The number of methoxy groups -OCH3 is 2. The second-order valence-corrected chi connectivity index (χ2v) is 19.6. The third-order valence-electron chi connectivity index (χ3n) is 7.97. The largest absolute Gasteiger partial charge is 0.461 e. The fourth-order valence-electron chi connectivity index (χ4n) is 5.39. The quantitative estimate of drug-likeness (QED) is 0.0963. The normalized spacial score (nSPS) is 14.6. The van der Waals surface area contributed by atoms with Crippen molar-refractivity contribution < 1.29 is 42.4 Å². The third kappa shape index (κ3) is 12.7. The fraction of sp³-hybridized carbons (Fsp3) is 0.632. The van der Waals surface area contributed by atoms with E-state index in [0.717, 1.165) is 0 Å². The van der Waals surface area contributed by atoms with E-state index in [1.54, 1.807) is 55.8 Å². The van der Waals surface area contributed by atoms with Gasteiger partial charge in [-0.05, 0) is 63.4 Å². The van der Waals surface area contributed by atoms with Crippen LogP contribution in [0.25, 0.3) is 0 Å². The number of hydrogen-bond acceptors (Lipinski definition) is 9. The maximum atomic E-state index is 12.9. The van der Waals surface area contributed by atoms with Gasteiger partial charge in [0.15, 0.2) is 0 Å². The molecule has 0 unspecified atom stereocenters. The summed E-state index contributed by atoms with van der Waals surface area (Å²) in [5.41, 5.74) is -1.44. The average molecular weight is 689 g/mol. The molecule has 0 aliphatic carbocycles. The molecule has 10 heteroatoms. The Kier molecular flexibility index (Phi) is 16.4. The fourth-order valence-corrected chi connectivity index (χ4v) is 9.96. The highest BCUT2D eigenvalue weighted by Gasteiger charge is 2.50. The number of benzene rings is 2. The molecule has 0 amide bonds. The predicted molar refractivity (Wildman–Crippen MR) is 191 cm³/mol. The Balaban J connectivity index is 2.34. The van der Waals surface area contributed by atoms with Crippen molar-refractivity contribution in [1.82, 2.24) is 0 Å².